The van der Waals surface area contributed by atoms with Gasteiger partial charge in [-0.2, -0.15) is 0 Å². The highest BCUT2D eigenvalue weighted by molar-refractivity contribution is 5.87. The van der Waals surface area contributed by atoms with Crippen LogP contribution in [0.2, 0.25) is 0 Å². The third-order valence-corrected chi connectivity index (χ3v) is 1.42. The molecule has 3 nitrogen and oxygen atoms in total. The Kier molecular flexibility index (Phi) is 6.12. The van der Waals surface area contributed by atoms with E-state index in [2.05, 4.69) is 11.7 Å². The summed E-state index contributed by atoms with van der Waals surface area (Å²) in [4.78, 5) is 10.4. The van der Waals surface area contributed by atoms with Gasteiger partial charge in [0.05, 0.1) is 0 Å². The lowest BCUT2D eigenvalue weighted by atomic mass is 10.2. The molecule has 0 aromatic carbocycles. The van der Waals surface area contributed by atoms with Crippen molar-refractivity contribution in [3.63, 3.8) is 0 Å². The zero-order valence-electron chi connectivity index (χ0n) is 7.25. The number of esters is 1. The standard InChI is InChI=1S/C9H14O3/c1-3-5-6-7-9(11)12-8(10)4-2/h2,9,11H,3,5-7H2,1H3. The normalized spacial score (nSPS) is 11.8. The van der Waals surface area contributed by atoms with E-state index in [1.807, 2.05) is 0 Å². The van der Waals surface area contributed by atoms with Gasteiger partial charge in [-0.05, 0) is 6.42 Å². The van der Waals surface area contributed by atoms with Crippen LogP contribution in [0.25, 0.3) is 0 Å². The first-order valence-corrected chi connectivity index (χ1v) is 4.06. The van der Waals surface area contributed by atoms with Gasteiger partial charge in [-0.25, -0.2) is 4.79 Å². The van der Waals surface area contributed by atoms with Crippen LogP contribution in [0, 0.1) is 12.3 Å². The molecule has 0 aliphatic carbocycles. The summed E-state index contributed by atoms with van der Waals surface area (Å²) >= 11 is 0. The van der Waals surface area contributed by atoms with E-state index >= 15 is 0 Å². The van der Waals surface area contributed by atoms with Crippen LogP contribution in [0.5, 0.6) is 0 Å². The molecule has 0 aliphatic heterocycles. The molecular formula is C9H14O3. The van der Waals surface area contributed by atoms with E-state index in [0.29, 0.717) is 6.42 Å². The minimum Gasteiger partial charge on any atom is -0.426 e. The predicted molar refractivity (Wildman–Crippen MR) is 45.1 cm³/mol. The van der Waals surface area contributed by atoms with Crippen LogP contribution in [0.1, 0.15) is 32.6 Å². The van der Waals surface area contributed by atoms with Gasteiger partial charge in [0.2, 0.25) is 6.29 Å². The molecule has 0 radical (unpaired) electrons. The van der Waals surface area contributed by atoms with Crippen molar-refractivity contribution in [3.05, 3.63) is 0 Å². The number of aliphatic hydroxyl groups excluding tert-OH is 1. The van der Waals surface area contributed by atoms with Crippen LogP contribution in [0.4, 0.5) is 0 Å². The summed E-state index contributed by atoms with van der Waals surface area (Å²) in [6, 6.07) is 0. The van der Waals surface area contributed by atoms with Gasteiger partial charge in [0.25, 0.3) is 0 Å². The Morgan fingerprint density at radius 3 is 2.83 bits per heavy atom. The maximum atomic E-state index is 10.4. The highest BCUT2D eigenvalue weighted by Crippen LogP contribution is 2.04. The molecule has 3 heteroatoms. The Morgan fingerprint density at radius 2 is 2.33 bits per heavy atom. The van der Waals surface area contributed by atoms with Gasteiger partial charge < -0.3 is 9.84 Å². The third-order valence-electron chi connectivity index (χ3n) is 1.42. The van der Waals surface area contributed by atoms with Crippen LogP contribution in [0.15, 0.2) is 0 Å². The highest BCUT2D eigenvalue weighted by Gasteiger charge is 2.07. The maximum absolute atomic E-state index is 10.4. The Bertz CT molecular complexity index is 169. The van der Waals surface area contributed by atoms with E-state index in [9.17, 15) is 4.79 Å². The fraction of sp³-hybridized carbons (Fsp3) is 0.667. The van der Waals surface area contributed by atoms with Crippen LogP contribution in [-0.4, -0.2) is 17.4 Å². The monoisotopic (exact) mass is 170 g/mol. The van der Waals surface area contributed by atoms with Crippen molar-refractivity contribution in [2.24, 2.45) is 0 Å². The van der Waals surface area contributed by atoms with Crippen molar-refractivity contribution in [1.29, 1.82) is 0 Å². The molecule has 0 fully saturated rings. The minimum atomic E-state index is -1.04. The van der Waals surface area contributed by atoms with E-state index in [1.165, 1.54) is 0 Å². The summed E-state index contributed by atoms with van der Waals surface area (Å²) in [5, 5.41) is 9.04. The molecule has 0 aromatic heterocycles. The number of hydrogen-bond acceptors (Lipinski definition) is 3. The largest absolute Gasteiger partial charge is 0.426 e. The quantitative estimate of drug-likeness (QED) is 0.221. The first-order valence-electron chi connectivity index (χ1n) is 4.06. The van der Waals surface area contributed by atoms with E-state index < -0.39 is 12.3 Å². The molecule has 0 aromatic rings. The summed E-state index contributed by atoms with van der Waals surface area (Å²) in [6.07, 6.45) is 7.08. The molecule has 1 N–H and O–H groups in total. The Hall–Kier alpha value is -1.01. The summed E-state index contributed by atoms with van der Waals surface area (Å²) in [5.74, 6) is 0.959. The molecule has 12 heavy (non-hydrogen) atoms. The van der Waals surface area contributed by atoms with Crippen LogP contribution in [0.3, 0.4) is 0 Å². The first-order chi connectivity index (χ1) is 5.70. The fourth-order valence-corrected chi connectivity index (χ4v) is 0.785. The molecule has 0 rings (SSSR count). The third kappa shape index (κ3) is 5.75. The molecular weight excluding hydrogens is 156 g/mol. The maximum Gasteiger partial charge on any atom is 0.386 e. The van der Waals surface area contributed by atoms with Gasteiger partial charge in [-0.3, -0.25) is 0 Å². The molecule has 0 saturated heterocycles. The number of ether oxygens (including phenoxy) is 1. The molecule has 1 unspecified atom stereocenters. The summed E-state index contributed by atoms with van der Waals surface area (Å²) in [7, 11) is 0. The van der Waals surface area contributed by atoms with Gasteiger partial charge in [-0.15, -0.1) is 6.42 Å². The SMILES string of the molecule is C#CC(=O)OC(O)CCCCC. The number of terminal acetylenes is 1. The molecule has 0 spiro atoms. The fourth-order valence-electron chi connectivity index (χ4n) is 0.785. The second-order valence-corrected chi connectivity index (χ2v) is 2.50. The second-order valence-electron chi connectivity index (χ2n) is 2.50. The summed E-state index contributed by atoms with van der Waals surface area (Å²) in [5.41, 5.74) is 0. The Balaban J connectivity index is 3.40. The van der Waals surface area contributed by atoms with Crippen molar-refractivity contribution >= 4 is 5.97 Å². The number of rotatable bonds is 5. The average Bonchev–Trinajstić information content (AvgIpc) is 2.05. The number of carbonyl (C=O) groups is 1. The van der Waals surface area contributed by atoms with Crippen molar-refractivity contribution in [2.45, 2.75) is 38.9 Å². The van der Waals surface area contributed by atoms with Gasteiger partial charge >= 0.3 is 5.97 Å². The number of carbonyl (C=O) groups excluding carboxylic acids is 1. The second kappa shape index (κ2) is 6.68. The van der Waals surface area contributed by atoms with Gasteiger partial charge in [0.15, 0.2) is 0 Å². The molecule has 1 atom stereocenters. The smallest absolute Gasteiger partial charge is 0.386 e. The molecule has 68 valence electrons. The van der Waals surface area contributed by atoms with Crippen LogP contribution >= 0.6 is 0 Å². The molecule has 0 saturated carbocycles. The van der Waals surface area contributed by atoms with Crippen molar-refractivity contribution in [2.75, 3.05) is 0 Å². The lowest BCUT2D eigenvalue weighted by molar-refractivity contribution is -0.161. The average molecular weight is 170 g/mol. The van der Waals surface area contributed by atoms with E-state index in [-0.39, 0.29) is 0 Å². The van der Waals surface area contributed by atoms with E-state index in [4.69, 9.17) is 11.5 Å². The van der Waals surface area contributed by atoms with Gasteiger partial charge in [0.1, 0.15) is 0 Å². The van der Waals surface area contributed by atoms with E-state index in [0.717, 1.165) is 19.3 Å². The lowest BCUT2D eigenvalue weighted by Gasteiger charge is -2.08. The molecule has 0 aliphatic rings. The van der Waals surface area contributed by atoms with Crippen molar-refractivity contribution < 1.29 is 14.6 Å². The topological polar surface area (TPSA) is 46.5 Å². The van der Waals surface area contributed by atoms with Crippen molar-refractivity contribution in [3.8, 4) is 12.3 Å². The zero-order chi connectivity index (χ0) is 9.40. The molecule has 0 bridgehead atoms. The number of aliphatic hydroxyl groups is 1. The minimum absolute atomic E-state index is 0.460. The summed E-state index contributed by atoms with van der Waals surface area (Å²) < 4.78 is 4.43. The lowest BCUT2D eigenvalue weighted by Crippen LogP contribution is -2.15. The van der Waals surface area contributed by atoms with Crippen LogP contribution in [-0.2, 0) is 9.53 Å². The van der Waals surface area contributed by atoms with Gasteiger partial charge in [0, 0.05) is 12.3 Å². The Morgan fingerprint density at radius 1 is 1.67 bits per heavy atom. The molecule has 0 amide bonds. The first kappa shape index (κ1) is 11.0. The van der Waals surface area contributed by atoms with Crippen molar-refractivity contribution in [1.82, 2.24) is 0 Å². The van der Waals surface area contributed by atoms with Crippen LogP contribution < -0.4 is 0 Å². The number of hydrogen-bond donors (Lipinski definition) is 1. The molecule has 0 heterocycles. The predicted octanol–water partition coefficient (Wildman–Crippen LogP) is 1.06. The Labute approximate surface area is 72.7 Å². The number of unbranched alkanes of at least 4 members (excludes halogenated alkanes) is 2. The summed E-state index contributed by atoms with van der Waals surface area (Å²) in [6.45, 7) is 2.06. The van der Waals surface area contributed by atoms with E-state index in [1.54, 1.807) is 5.92 Å². The highest BCUT2D eigenvalue weighted by atomic mass is 16.6. The zero-order valence-corrected chi connectivity index (χ0v) is 7.25. The van der Waals surface area contributed by atoms with Gasteiger partial charge in [-0.1, -0.05) is 19.8 Å².